The molecule has 0 aliphatic carbocycles. The first-order valence-electron chi connectivity index (χ1n) is 7.82. The maximum Gasteiger partial charge on any atom is 0.124 e. The van der Waals surface area contributed by atoms with Gasteiger partial charge in [0, 0.05) is 18.2 Å². The van der Waals surface area contributed by atoms with Gasteiger partial charge in [0.2, 0.25) is 0 Å². The molecule has 1 aromatic carbocycles. The average molecular weight is 293 g/mol. The molecule has 0 amide bonds. The van der Waals surface area contributed by atoms with Crippen molar-refractivity contribution in [3.63, 3.8) is 0 Å². The molecule has 0 saturated carbocycles. The van der Waals surface area contributed by atoms with Crippen molar-refractivity contribution in [2.45, 2.75) is 44.9 Å². The second-order valence-corrected chi connectivity index (χ2v) is 5.82. The van der Waals surface area contributed by atoms with Crippen molar-refractivity contribution in [3.8, 4) is 5.75 Å². The lowest BCUT2D eigenvalue weighted by Crippen LogP contribution is -2.43. The van der Waals surface area contributed by atoms with Gasteiger partial charge in [0.15, 0.2) is 0 Å². The first-order valence-corrected chi connectivity index (χ1v) is 7.82. The van der Waals surface area contributed by atoms with Crippen molar-refractivity contribution in [1.29, 1.82) is 0 Å². The van der Waals surface area contributed by atoms with E-state index in [1.165, 1.54) is 19.3 Å². The summed E-state index contributed by atoms with van der Waals surface area (Å²) < 4.78 is 10.9. The van der Waals surface area contributed by atoms with Crippen molar-refractivity contribution in [2.24, 2.45) is 0 Å². The number of aliphatic hydroxyl groups excluding tert-OH is 1. The number of β-amino-alcohol motifs (C(OH)–C–C–N with tert-alkyl or cyclic N) is 1. The molecule has 0 bridgehead atoms. The molecule has 0 spiro atoms. The zero-order valence-electron chi connectivity index (χ0n) is 13.1. The Bertz CT molecular complexity index is 424. The molecule has 1 heterocycles. The van der Waals surface area contributed by atoms with E-state index < -0.39 is 6.10 Å². The second-order valence-electron chi connectivity index (χ2n) is 5.82. The maximum atomic E-state index is 10.1. The normalized spacial score (nSPS) is 21.2. The fourth-order valence-corrected chi connectivity index (χ4v) is 2.88. The van der Waals surface area contributed by atoms with E-state index in [1.807, 2.05) is 24.3 Å². The molecule has 1 aromatic rings. The van der Waals surface area contributed by atoms with Gasteiger partial charge in [-0.15, -0.1) is 0 Å². The molecule has 0 aromatic heterocycles. The Labute approximate surface area is 127 Å². The monoisotopic (exact) mass is 293 g/mol. The lowest BCUT2D eigenvalue weighted by atomic mass is 10.0. The first kappa shape index (κ1) is 16.3. The Kier molecular flexibility index (Phi) is 6.49. The minimum Gasteiger partial charge on any atom is -0.496 e. The highest BCUT2D eigenvalue weighted by molar-refractivity contribution is 5.32. The van der Waals surface area contributed by atoms with Crippen molar-refractivity contribution in [3.05, 3.63) is 29.8 Å². The van der Waals surface area contributed by atoms with Gasteiger partial charge in [0.25, 0.3) is 0 Å². The van der Waals surface area contributed by atoms with Gasteiger partial charge in [-0.1, -0.05) is 24.6 Å². The van der Waals surface area contributed by atoms with Crippen LogP contribution < -0.4 is 4.74 Å². The zero-order valence-corrected chi connectivity index (χ0v) is 13.1. The summed E-state index contributed by atoms with van der Waals surface area (Å²) in [6.45, 7) is 4.86. The van der Waals surface area contributed by atoms with Gasteiger partial charge in [-0.25, -0.2) is 0 Å². The SMILES string of the molecule is COc1ccccc1COCC(O)CN1CCCCC1C. The predicted octanol–water partition coefficient (Wildman–Crippen LogP) is 2.45. The predicted molar refractivity (Wildman–Crippen MR) is 83.5 cm³/mol. The smallest absolute Gasteiger partial charge is 0.124 e. The number of nitrogens with zero attached hydrogens (tertiary/aromatic N) is 1. The Morgan fingerprint density at radius 3 is 2.90 bits per heavy atom. The largest absolute Gasteiger partial charge is 0.496 e. The summed E-state index contributed by atoms with van der Waals surface area (Å²) in [5, 5.41) is 10.1. The van der Waals surface area contributed by atoms with Crippen LogP contribution in [0.3, 0.4) is 0 Å². The van der Waals surface area contributed by atoms with E-state index in [2.05, 4.69) is 11.8 Å². The molecule has 2 rings (SSSR count). The number of hydrogen-bond donors (Lipinski definition) is 1. The third-order valence-electron chi connectivity index (χ3n) is 4.15. The Balaban J connectivity index is 1.72. The third kappa shape index (κ3) is 4.99. The Morgan fingerprint density at radius 1 is 1.33 bits per heavy atom. The third-order valence-corrected chi connectivity index (χ3v) is 4.15. The van der Waals surface area contributed by atoms with Gasteiger partial charge in [-0.05, 0) is 32.4 Å². The summed E-state index contributed by atoms with van der Waals surface area (Å²) in [7, 11) is 1.66. The number of benzene rings is 1. The fraction of sp³-hybridized carbons (Fsp3) is 0.647. The van der Waals surface area contributed by atoms with Crippen LogP contribution in [0.1, 0.15) is 31.7 Å². The molecular weight excluding hydrogens is 266 g/mol. The minimum atomic E-state index is -0.430. The average Bonchev–Trinajstić information content (AvgIpc) is 2.50. The van der Waals surface area contributed by atoms with Gasteiger partial charge in [-0.2, -0.15) is 0 Å². The van der Waals surface area contributed by atoms with Crippen molar-refractivity contribution < 1.29 is 14.6 Å². The van der Waals surface area contributed by atoms with E-state index in [1.54, 1.807) is 7.11 Å². The molecule has 1 fully saturated rings. The standard InChI is InChI=1S/C17H27NO3/c1-14-7-5-6-10-18(14)11-16(19)13-21-12-15-8-3-4-9-17(15)20-2/h3-4,8-9,14,16,19H,5-7,10-13H2,1-2H3. The highest BCUT2D eigenvalue weighted by atomic mass is 16.5. The van der Waals surface area contributed by atoms with E-state index in [0.717, 1.165) is 17.9 Å². The summed E-state index contributed by atoms with van der Waals surface area (Å²) >= 11 is 0. The van der Waals surface area contributed by atoms with Crippen LogP contribution in [-0.2, 0) is 11.3 Å². The highest BCUT2D eigenvalue weighted by Gasteiger charge is 2.20. The molecule has 1 aliphatic heterocycles. The van der Waals surface area contributed by atoms with E-state index in [-0.39, 0.29) is 0 Å². The van der Waals surface area contributed by atoms with Crippen molar-refractivity contribution in [2.75, 3.05) is 26.8 Å². The summed E-state index contributed by atoms with van der Waals surface area (Å²) in [6, 6.07) is 8.38. The molecular formula is C17H27NO3. The van der Waals surface area contributed by atoms with Crippen molar-refractivity contribution >= 4 is 0 Å². The minimum absolute atomic E-state index is 0.362. The van der Waals surface area contributed by atoms with Gasteiger partial charge in [0.1, 0.15) is 5.75 Å². The van der Waals surface area contributed by atoms with Crippen LogP contribution >= 0.6 is 0 Å². The quantitative estimate of drug-likeness (QED) is 0.838. The summed E-state index contributed by atoms with van der Waals surface area (Å²) in [4.78, 5) is 2.36. The number of piperidine rings is 1. The Hall–Kier alpha value is -1.10. The molecule has 2 atom stereocenters. The van der Waals surface area contributed by atoms with Crippen LogP contribution in [0.5, 0.6) is 5.75 Å². The van der Waals surface area contributed by atoms with Crippen LogP contribution in [0, 0.1) is 0 Å². The molecule has 4 nitrogen and oxygen atoms in total. The summed E-state index contributed by atoms with van der Waals surface area (Å²) in [5.74, 6) is 0.830. The van der Waals surface area contributed by atoms with Crippen molar-refractivity contribution in [1.82, 2.24) is 4.90 Å². The number of hydrogen-bond acceptors (Lipinski definition) is 4. The number of rotatable bonds is 7. The summed E-state index contributed by atoms with van der Waals surface area (Å²) in [5.41, 5.74) is 1.01. The second kappa shape index (κ2) is 8.37. The molecule has 4 heteroatoms. The van der Waals surface area contributed by atoms with E-state index in [0.29, 0.717) is 25.8 Å². The molecule has 2 unspecified atom stereocenters. The lowest BCUT2D eigenvalue weighted by molar-refractivity contribution is -0.00177. The van der Waals surface area contributed by atoms with Crippen LogP contribution in [0.15, 0.2) is 24.3 Å². The number of methoxy groups -OCH3 is 1. The van der Waals surface area contributed by atoms with Gasteiger partial charge < -0.3 is 14.6 Å². The molecule has 118 valence electrons. The number of likely N-dealkylation sites (tertiary alicyclic amines) is 1. The molecule has 1 saturated heterocycles. The van der Waals surface area contributed by atoms with Crippen LogP contribution in [0.2, 0.25) is 0 Å². The number of ether oxygens (including phenoxy) is 2. The topological polar surface area (TPSA) is 41.9 Å². The fourth-order valence-electron chi connectivity index (χ4n) is 2.88. The van der Waals surface area contributed by atoms with Crippen LogP contribution in [0.4, 0.5) is 0 Å². The van der Waals surface area contributed by atoms with E-state index >= 15 is 0 Å². The molecule has 1 N–H and O–H groups in total. The number of aliphatic hydroxyl groups is 1. The summed E-state index contributed by atoms with van der Waals surface area (Å²) in [6.07, 6.45) is 3.34. The first-order chi connectivity index (χ1) is 10.2. The zero-order chi connectivity index (χ0) is 15.1. The van der Waals surface area contributed by atoms with Crippen LogP contribution in [-0.4, -0.2) is 49.0 Å². The highest BCUT2D eigenvalue weighted by Crippen LogP contribution is 2.19. The number of para-hydroxylation sites is 1. The van der Waals surface area contributed by atoms with Gasteiger partial charge in [-0.3, -0.25) is 4.90 Å². The maximum absolute atomic E-state index is 10.1. The van der Waals surface area contributed by atoms with Gasteiger partial charge >= 0.3 is 0 Å². The Morgan fingerprint density at radius 2 is 2.14 bits per heavy atom. The van der Waals surface area contributed by atoms with Crippen LogP contribution in [0.25, 0.3) is 0 Å². The molecule has 1 aliphatic rings. The van der Waals surface area contributed by atoms with E-state index in [4.69, 9.17) is 9.47 Å². The molecule has 21 heavy (non-hydrogen) atoms. The lowest BCUT2D eigenvalue weighted by Gasteiger charge is -2.34. The molecule has 0 radical (unpaired) electrons. The van der Waals surface area contributed by atoms with E-state index in [9.17, 15) is 5.11 Å². The van der Waals surface area contributed by atoms with Gasteiger partial charge in [0.05, 0.1) is 26.4 Å².